The van der Waals surface area contributed by atoms with E-state index in [0.717, 1.165) is 4.57 Å². The molecule has 2 heterocycles. The van der Waals surface area contributed by atoms with Gasteiger partial charge in [0.1, 0.15) is 12.4 Å². The van der Waals surface area contributed by atoms with Gasteiger partial charge in [0.2, 0.25) is 5.91 Å². The number of amides is 3. The summed E-state index contributed by atoms with van der Waals surface area (Å²) < 4.78 is 19.0. The van der Waals surface area contributed by atoms with E-state index in [2.05, 4.69) is 15.0 Å². The molecule has 0 saturated carbocycles. The van der Waals surface area contributed by atoms with E-state index in [4.69, 9.17) is 0 Å². The van der Waals surface area contributed by atoms with Gasteiger partial charge in [-0.05, 0) is 23.6 Å². The van der Waals surface area contributed by atoms with Gasteiger partial charge in [0.25, 0.3) is 0 Å². The molecule has 3 amide bonds. The smallest absolute Gasteiger partial charge is 0.305 e. The lowest BCUT2D eigenvalue weighted by atomic mass is 10.3. The van der Waals surface area contributed by atoms with Gasteiger partial charge in [-0.2, -0.15) is 0 Å². The summed E-state index contributed by atoms with van der Waals surface area (Å²) in [5, 5.41) is 9.62. The standard InChI is InChI=1S/C15H11FN4O4S/c16-9-4-1-2-5-10(9)17-14(22)18-12(21)8-20-13(19-24-15(20)23)11-6-3-7-25-11/h1-7H,8H2,(H2,17,18,21,22). The highest BCUT2D eigenvalue weighted by Gasteiger charge is 2.18. The number of carbonyl (C=O) groups excluding carboxylic acids is 2. The normalized spacial score (nSPS) is 10.4. The van der Waals surface area contributed by atoms with Crippen molar-refractivity contribution in [3.05, 3.63) is 58.1 Å². The van der Waals surface area contributed by atoms with Crippen LogP contribution in [0, 0.1) is 5.82 Å². The first kappa shape index (κ1) is 16.6. The van der Waals surface area contributed by atoms with Crippen LogP contribution >= 0.6 is 11.3 Å². The number of carbonyl (C=O) groups is 2. The van der Waals surface area contributed by atoms with Crippen molar-refractivity contribution in [3.8, 4) is 10.7 Å². The lowest BCUT2D eigenvalue weighted by Gasteiger charge is -2.07. The molecule has 0 fully saturated rings. The lowest BCUT2D eigenvalue weighted by Crippen LogP contribution is -2.38. The molecular formula is C15H11FN4O4S. The fourth-order valence-corrected chi connectivity index (χ4v) is 2.73. The van der Waals surface area contributed by atoms with E-state index in [1.165, 1.54) is 35.6 Å². The number of aromatic nitrogens is 2. The molecule has 8 nitrogen and oxygen atoms in total. The van der Waals surface area contributed by atoms with Crippen LogP contribution in [0.15, 0.2) is 51.1 Å². The van der Waals surface area contributed by atoms with Crippen molar-refractivity contribution >= 4 is 29.0 Å². The third kappa shape index (κ3) is 3.80. The van der Waals surface area contributed by atoms with Crippen molar-refractivity contribution in [1.29, 1.82) is 0 Å². The molecule has 0 radical (unpaired) electrons. The van der Waals surface area contributed by atoms with Crippen molar-refractivity contribution < 1.29 is 18.5 Å². The number of halogens is 1. The van der Waals surface area contributed by atoms with E-state index in [-0.39, 0.29) is 11.5 Å². The quantitative estimate of drug-likeness (QED) is 0.739. The second-order valence-electron chi connectivity index (χ2n) is 4.82. The number of urea groups is 1. The first-order chi connectivity index (χ1) is 12.0. The van der Waals surface area contributed by atoms with Gasteiger partial charge in [-0.3, -0.25) is 14.6 Å². The molecule has 0 unspecified atom stereocenters. The molecule has 128 valence electrons. The number of hydrogen-bond acceptors (Lipinski definition) is 6. The summed E-state index contributed by atoms with van der Waals surface area (Å²) in [5.74, 6) is -2.06. The minimum Gasteiger partial charge on any atom is -0.305 e. The van der Waals surface area contributed by atoms with Crippen LogP contribution < -0.4 is 16.4 Å². The monoisotopic (exact) mass is 362 g/mol. The minimum atomic E-state index is -0.919. The van der Waals surface area contributed by atoms with Crippen LogP contribution in [0.3, 0.4) is 0 Å². The average molecular weight is 362 g/mol. The van der Waals surface area contributed by atoms with Gasteiger partial charge in [0.15, 0.2) is 5.82 Å². The maximum Gasteiger partial charge on any atom is 0.442 e. The maximum absolute atomic E-state index is 13.5. The Labute approximate surface area is 143 Å². The molecule has 0 saturated heterocycles. The predicted octanol–water partition coefficient (Wildman–Crippen LogP) is 2.05. The largest absolute Gasteiger partial charge is 0.442 e. The zero-order valence-corrected chi connectivity index (χ0v) is 13.4. The highest BCUT2D eigenvalue weighted by Crippen LogP contribution is 2.21. The fraction of sp³-hybridized carbons (Fsp3) is 0.0667. The molecule has 25 heavy (non-hydrogen) atoms. The number of anilines is 1. The number of para-hydroxylation sites is 1. The molecule has 0 aliphatic rings. The Bertz CT molecular complexity index is 964. The second-order valence-corrected chi connectivity index (χ2v) is 5.77. The number of nitrogens with one attached hydrogen (secondary N) is 2. The molecule has 3 rings (SSSR count). The van der Waals surface area contributed by atoms with E-state index in [1.807, 2.05) is 5.32 Å². The first-order valence-corrected chi connectivity index (χ1v) is 7.88. The van der Waals surface area contributed by atoms with Gasteiger partial charge in [0, 0.05) is 0 Å². The lowest BCUT2D eigenvalue weighted by molar-refractivity contribution is -0.120. The van der Waals surface area contributed by atoms with Crippen molar-refractivity contribution in [2.45, 2.75) is 6.54 Å². The number of nitrogens with zero attached hydrogens (tertiary/aromatic N) is 2. The Hall–Kier alpha value is -3.27. The zero-order chi connectivity index (χ0) is 17.8. The van der Waals surface area contributed by atoms with E-state index < -0.39 is 30.1 Å². The average Bonchev–Trinajstić information content (AvgIpc) is 3.20. The van der Waals surface area contributed by atoms with Crippen LogP contribution in [0.25, 0.3) is 10.7 Å². The van der Waals surface area contributed by atoms with E-state index in [1.54, 1.807) is 17.5 Å². The number of rotatable bonds is 4. The molecule has 0 spiro atoms. The summed E-state index contributed by atoms with van der Waals surface area (Å²) in [7, 11) is 0. The van der Waals surface area contributed by atoms with Crippen LogP contribution in [0.5, 0.6) is 0 Å². The van der Waals surface area contributed by atoms with Crippen molar-refractivity contribution in [2.75, 3.05) is 5.32 Å². The highest BCUT2D eigenvalue weighted by molar-refractivity contribution is 7.13. The minimum absolute atomic E-state index is 0.0748. The predicted molar refractivity (Wildman–Crippen MR) is 87.6 cm³/mol. The molecule has 0 aliphatic carbocycles. The van der Waals surface area contributed by atoms with Crippen molar-refractivity contribution in [2.24, 2.45) is 0 Å². The summed E-state index contributed by atoms with van der Waals surface area (Å²) in [6.45, 7) is -0.472. The van der Waals surface area contributed by atoms with Crippen LogP contribution in [-0.2, 0) is 11.3 Å². The van der Waals surface area contributed by atoms with Crippen molar-refractivity contribution in [3.63, 3.8) is 0 Å². The molecular weight excluding hydrogens is 351 g/mol. The number of hydrogen-bond donors (Lipinski definition) is 2. The maximum atomic E-state index is 13.5. The second kappa shape index (κ2) is 7.09. The van der Waals surface area contributed by atoms with E-state index >= 15 is 0 Å². The van der Waals surface area contributed by atoms with Crippen LogP contribution in [0.2, 0.25) is 0 Å². The summed E-state index contributed by atoms with van der Waals surface area (Å²) in [6.07, 6.45) is 0. The Balaban J connectivity index is 1.67. The Morgan fingerprint density at radius 2 is 2.04 bits per heavy atom. The summed E-state index contributed by atoms with van der Waals surface area (Å²) >= 11 is 1.31. The highest BCUT2D eigenvalue weighted by atomic mass is 32.1. The molecule has 0 bridgehead atoms. The molecule has 0 aliphatic heterocycles. The van der Waals surface area contributed by atoms with Crippen LogP contribution in [0.1, 0.15) is 0 Å². The van der Waals surface area contributed by atoms with Gasteiger partial charge in [-0.15, -0.1) is 11.3 Å². The Morgan fingerprint density at radius 1 is 1.24 bits per heavy atom. The Morgan fingerprint density at radius 3 is 2.76 bits per heavy atom. The molecule has 1 aromatic carbocycles. The topological polar surface area (TPSA) is 106 Å². The van der Waals surface area contributed by atoms with E-state index in [9.17, 15) is 18.8 Å². The summed E-state index contributed by atoms with van der Waals surface area (Å²) in [6, 6.07) is 8.06. The number of thiophene rings is 1. The van der Waals surface area contributed by atoms with Crippen LogP contribution in [0.4, 0.5) is 14.9 Å². The van der Waals surface area contributed by atoms with E-state index in [0.29, 0.717) is 4.88 Å². The van der Waals surface area contributed by atoms with Gasteiger partial charge < -0.3 is 5.32 Å². The van der Waals surface area contributed by atoms with Gasteiger partial charge in [0.05, 0.1) is 10.6 Å². The number of imide groups is 1. The fourth-order valence-electron chi connectivity index (χ4n) is 2.02. The van der Waals surface area contributed by atoms with Crippen LogP contribution in [-0.4, -0.2) is 21.7 Å². The molecule has 2 aromatic heterocycles. The third-order valence-corrected chi connectivity index (χ3v) is 3.97. The first-order valence-electron chi connectivity index (χ1n) is 7.00. The molecule has 10 heteroatoms. The van der Waals surface area contributed by atoms with Gasteiger partial charge in [-0.25, -0.2) is 18.5 Å². The van der Waals surface area contributed by atoms with Gasteiger partial charge >= 0.3 is 11.8 Å². The Kier molecular flexibility index (Phi) is 4.70. The SMILES string of the molecule is O=C(Cn1c(-c2cccs2)noc1=O)NC(=O)Nc1ccccc1F. The molecule has 2 N–H and O–H groups in total. The van der Waals surface area contributed by atoms with Gasteiger partial charge in [-0.1, -0.05) is 23.4 Å². The molecule has 3 aromatic rings. The molecule has 0 atom stereocenters. The zero-order valence-electron chi connectivity index (χ0n) is 12.6. The van der Waals surface area contributed by atoms with Crippen molar-refractivity contribution in [1.82, 2.24) is 15.0 Å². The third-order valence-electron chi connectivity index (χ3n) is 3.10. The number of benzene rings is 1. The summed E-state index contributed by atoms with van der Waals surface area (Å²) in [5.41, 5.74) is -0.0748. The summed E-state index contributed by atoms with van der Waals surface area (Å²) in [4.78, 5) is 36.1.